The van der Waals surface area contributed by atoms with Crippen molar-refractivity contribution < 1.29 is 17.6 Å². The molecule has 1 saturated heterocycles. The van der Waals surface area contributed by atoms with Crippen molar-refractivity contribution in [2.75, 3.05) is 36.8 Å². The molecule has 0 atom stereocenters. The summed E-state index contributed by atoms with van der Waals surface area (Å²) in [6.07, 6.45) is 1.58. The largest absolute Gasteiger partial charge is 0.323 e. The lowest BCUT2D eigenvalue weighted by Crippen LogP contribution is -2.50. The summed E-state index contributed by atoms with van der Waals surface area (Å²) in [7, 11) is -3.28. The van der Waals surface area contributed by atoms with Gasteiger partial charge in [0.15, 0.2) is 5.82 Å². The van der Waals surface area contributed by atoms with Gasteiger partial charge in [0.05, 0.1) is 10.9 Å². The number of piperazine rings is 1. The molecule has 0 aliphatic carbocycles. The highest BCUT2D eigenvalue weighted by Gasteiger charge is 2.29. The van der Waals surface area contributed by atoms with Crippen LogP contribution in [0.4, 0.5) is 20.6 Å². The van der Waals surface area contributed by atoms with Gasteiger partial charge in [0, 0.05) is 55.9 Å². The molecule has 0 spiro atoms. The van der Waals surface area contributed by atoms with Crippen LogP contribution in [0.2, 0.25) is 0 Å². The second-order valence-corrected chi connectivity index (χ2v) is 10.3. The van der Waals surface area contributed by atoms with Crippen molar-refractivity contribution in [1.82, 2.24) is 14.2 Å². The van der Waals surface area contributed by atoms with Crippen molar-refractivity contribution in [3.8, 4) is 0 Å². The number of anilines is 2. The van der Waals surface area contributed by atoms with Gasteiger partial charge in [-0.25, -0.2) is 17.6 Å². The van der Waals surface area contributed by atoms with Gasteiger partial charge >= 0.3 is 6.03 Å². The molecule has 1 aromatic carbocycles. The van der Waals surface area contributed by atoms with Crippen molar-refractivity contribution in [1.29, 1.82) is 0 Å². The Morgan fingerprint density at radius 3 is 2.52 bits per heavy atom. The number of benzene rings is 1. The number of urea groups is 1. The highest BCUT2D eigenvalue weighted by molar-refractivity contribution is 7.89. The van der Waals surface area contributed by atoms with Gasteiger partial charge in [0.1, 0.15) is 0 Å². The highest BCUT2D eigenvalue weighted by Crippen LogP contribution is 2.21. The number of halogens is 1. The third-order valence-electron chi connectivity index (χ3n) is 5.16. The average molecular weight is 450 g/mol. The summed E-state index contributed by atoms with van der Waals surface area (Å²) in [6.45, 7) is 7.28. The Bertz CT molecular complexity index is 1040. The molecule has 0 unspecified atom stereocenters. The van der Waals surface area contributed by atoms with Crippen LogP contribution in [-0.2, 0) is 16.6 Å². The van der Waals surface area contributed by atoms with Gasteiger partial charge in [-0.3, -0.25) is 9.88 Å². The summed E-state index contributed by atoms with van der Waals surface area (Å²) in [5.74, 6) is -0.499. The first-order valence-electron chi connectivity index (χ1n) is 10.2. The lowest BCUT2D eigenvalue weighted by Gasteiger charge is -2.35. The predicted molar refractivity (Wildman–Crippen MR) is 119 cm³/mol. The van der Waals surface area contributed by atoms with Crippen molar-refractivity contribution >= 4 is 27.4 Å². The molecule has 1 aliphatic heterocycles. The van der Waals surface area contributed by atoms with E-state index < -0.39 is 27.1 Å². The Balaban J connectivity index is 1.60. The molecule has 3 rings (SSSR count). The molecule has 31 heavy (non-hydrogen) atoms. The number of pyridine rings is 1. The third-order valence-corrected chi connectivity index (χ3v) is 7.44. The van der Waals surface area contributed by atoms with Crippen LogP contribution in [0.3, 0.4) is 0 Å². The highest BCUT2D eigenvalue weighted by atomic mass is 32.2. The maximum absolute atomic E-state index is 15.0. The minimum absolute atomic E-state index is 0.0850. The zero-order valence-electron chi connectivity index (χ0n) is 17.9. The number of aromatic nitrogens is 1. The average Bonchev–Trinajstić information content (AvgIpc) is 2.71. The van der Waals surface area contributed by atoms with Gasteiger partial charge in [-0.2, -0.15) is 4.31 Å². The van der Waals surface area contributed by atoms with E-state index in [9.17, 15) is 17.6 Å². The number of hydrogen-bond donors (Lipinski definition) is 2. The molecule has 1 aromatic heterocycles. The molecular formula is C21H28FN5O3S. The molecule has 1 aliphatic rings. The van der Waals surface area contributed by atoms with Crippen LogP contribution in [0.5, 0.6) is 0 Å². The first kappa shape index (κ1) is 23.1. The Hall–Kier alpha value is -2.56. The van der Waals surface area contributed by atoms with Crippen LogP contribution < -0.4 is 10.6 Å². The molecule has 2 amide bonds. The number of nitrogens with zero attached hydrogens (tertiary/aromatic N) is 3. The Kier molecular flexibility index (Phi) is 7.24. The summed E-state index contributed by atoms with van der Waals surface area (Å²) in [4.78, 5) is 18.3. The quantitative estimate of drug-likeness (QED) is 0.707. The van der Waals surface area contributed by atoms with E-state index in [0.717, 1.165) is 5.69 Å². The van der Waals surface area contributed by atoms with Crippen LogP contribution >= 0.6 is 0 Å². The van der Waals surface area contributed by atoms with E-state index in [1.54, 1.807) is 44.3 Å². The molecule has 2 heterocycles. The van der Waals surface area contributed by atoms with Gasteiger partial charge in [0.2, 0.25) is 10.0 Å². The van der Waals surface area contributed by atoms with Crippen molar-refractivity contribution in [3.05, 3.63) is 53.6 Å². The van der Waals surface area contributed by atoms with Gasteiger partial charge in [0.25, 0.3) is 0 Å². The van der Waals surface area contributed by atoms with Gasteiger partial charge < -0.3 is 10.6 Å². The molecular weight excluding hydrogens is 421 g/mol. The topological polar surface area (TPSA) is 94.6 Å². The summed E-state index contributed by atoms with van der Waals surface area (Å²) in [6, 6.07) is 7.67. The summed E-state index contributed by atoms with van der Waals surface area (Å²) in [5.41, 5.74) is 1.85. The monoisotopic (exact) mass is 449 g/mol. The molecule has 2 aromatic rings. The molecule has 0 saturated carbocycles. The number of aryl methyl sites for hydroxylation is 1. The normalized spacial score (nSPS) is 15.8. The van der Waals surface area contributed by atoms with E-state index in [4.69, 9.17) is 0 Å². The Morgan fingerprint density at radius 1 is 1.16 bits per heavy atom. The summed E-state index contributed by atoms with van der Waals surface area (Å²) >= 11 is 0. The maximum Gasteiger partial charge on any atom is 0.323 e. The Morgan fingerprint density at radius 2 is 1.87 bits per heavy atom. The number of carbonyl (C=O) groups is 1. The fraction of sp³-hybridized carbons (Fsp3) is 0.429. The maximum atomic E-state index is 15.0. The first-order valence-corrected chi connectivity index (χ1v) is 11.7. The molecule has 8 nitrogen and oxygen atoms in total. The number of rotatable bonds is 6. The van der Waals surface area contributed by atoms with Crippen LogP contribution in [0.25, 0.3) is 0 Å². The van der Waals surface area contributed by atoms with E-state index in [-0.39, 0.29) is 5.69 Å². The second kappa shape index (κ2) is 9.71. The standard InChI is InChI=1S/C21H28FN5O3S/c1-15(2)31(29,30)27-11-9-26(10-12-27)14-17-5-4-6-19(20(17)22)25-21(28)24-18-7-8-23-16(3)13-18/h4-8,13,15H,9-12,14H2,1-3H3,(H2,23,24,25,28). The minimum Gasteiger partial charge on any atom is -0.308 e. The van der Waals surface area contributed by atoms with Crippen molar-refractivity contribution in [2.45, 2.75) is 32.6 Å². The predicted octanol–water partition coefficient (Wildman–Crippen LogP) is 3.03. The van der Waals surface area contributed by atoms with Crippen LogP contribution in [0.1, 0.15) is 25.1 Å². The number of amides is 2. The van der Waals surface area contributed by atoms with Gasteiger partial charge in [-0.15, -0.1) is 0 Å². The van der Waals surface area contributed by atoms with Crippen LogP contribution in [-0.4, -0.2) is 60.1 Å². The lowest BCUT2D eigenvalue weighted by molar-refractivity contribution is 0.179. The summed E-state index contributed by atoms with van der Waals surface area (Å²) < 4.78 is 41.1. The SMILES string of the molecule is Cc1cc(NC(=O)Nc2cccc(CN3CCN(S(=O)(=O)C(C)C)CC3)c2F)ccn1. The number of nitrogens with one attached hydrogen (secondary N) is 2. The van der Waals surface area contributed by atoms with E-state index in [1.165, 1.54) is 10.4 Å². The molecule has 1 fully saturated rings. The van der Waals surface area contributed by atoms with Crippen molar-refractivity contribution in [3.63, 3.8) is 0 Å². The van der Waals surface area contributed by atoms with Crippen LogP contribution in [0.15, 0.2) is 36.5 Å². The zero-order valence-corrected chi connectivity index (χ0v) is 18.7. The molecule has 0 bridgehead atoms. The van der Waals surface area contributed by atoms with E-state index in [2.05, 4.69) is 15.6 Å². The molecule has 0 radical (unpaired) electrons. The van der Waals surface area contributed by atoms with Gasteiger partial charge in [-0.1, -0.05) is 12.1 Å². The van der Waals surface area contributed by atoms with E-state index in [1.807, 2.05) is 11.8 Å². The first-order chi connectivity index (χ1) is 14.7. The third kappa shape index (κ3) is 5.78. The minimum atomic E-state index is -3.28. The van der Waals surface area contributed by atoms with Crippen molar-refractivity contribution in [2.24, 2.45) is 0 Å². The fourth-order valence-electron chi connectivity index (χ4n) is 3.39. The lowest BCUT2D eigenvalue weighted by atomic mass is 10.1. The Labute approximate surface area is 182 Å². The fourth-order valence-corrected chi connectivity index (χ4v) is 4.66. The number of hydrogen-bond acceptors (Lipinski definition) is 5. The van der Waals surface area contributed by atoms with E-state index >= 15 is 0 Å². The smallest absolute Gasteiger partial charge is 0.308 e. The van der Waals surface area contributed by atoms with Gasteiger partial charge in [-0.05, 0) is 39.0 Å². The van der Waals surface area contributed by atoms with E-state index in [0.29, 0.717) is 44.0 Å². The zero-order chi connectivity index (χ0) is 22.6. The molecule has 168 valence electrons. The van der Waals surface area contributed by atoms with Crippen LogP contribution in [0, 0.1) is 12.7 Å². The second-order valence-electron chi connectivity index (χ2n) is 7.81. The molecule has 2 N–H and O–H groups in total. The number of sulfonamides is 1. The molecule has 10 heteroatoms. The summed E-state index contributed by atoms with van der Waals surface area (Å²) in [5, 5.41) is 4.74. The number of carbonyl (C=O) groups excluding carboxylic acids is 1.